The van der Waals surface area contributed by atoms with E-state index in [1.54, 1.807) is 0 Å². The highest BCUT2D eigenvalue weighted by Crippen LogP contribution is 2.31. The SMILES string of the molecule is CCNCc1ccc(-c2c(C)ccc3ccccc23)cc1. The number of rotatable bonds is 4. The number of fused-ring (bicyclic) bond motifs is 1. The molecule has 0 fully saturated rings. The van der Waals surface area contributed by atoms with Gasteiger partial charge in [0.1, 0.15) is 0 Å². The van der Waals surface area contributed by atoms with Crippen molar-refractivity contribution < 1.29 is 0 Å². The Hall–Kier alpha value is -2.12. The summed E-state index contributed by atoms with van der Waals surface area (Å²) in [5, 5.41) is 6.00. The highest BCUT2D eigenvalue weighted by Gasteiger charge is 2.07. The second kappa shape index (κ2) is 6.11. The van der Waals surface area contributed by atoms with Gasteiger partial charge >= 0.3 is 0 Å². The third-order valence-corrected chi connectivity index (χ3v) is 3.96. The lowest BCUT2D eigenvalue weighted by molar-refractivity contribution is 0.727. The molecule has 0 bridgehead atoms. The summed E-state index contributed by atoms with van der Waals surface area (Å²) in [4.78, 5) is 0. The van der Waals surface area contributed by atoms with Gasteiger partial charge in [-0.05, 0) is 46.5 Å². The molecule has 0 atom stereocenters. The van der Waals surface area contributed by atoms with Crippen LogP contribution in [-0.2, 0) is 6.54 Å². The molecule has 1 nitrogen and oxygen atoms in total. The third kappa shape index (κ3) is 2.84. The molecule has 0 saturated heterocycles. The fraction of sp³-hybridized carbons (Fsp3) is 0.200. The van der Waals surface area contributed by atoms with Crippen molar-refractivity contribution >= 4 is 10.8 Å². The van der Waals surface area contributed by atoms with E-state index in [0.29, 0.717) is 0 Å². The van der Waals surface area contributed by atoms with Crippen LogP contribution in [0.2, 0.25) is 0 Å². The Labute approximate surface area is 126 Å². The van der Waals surface area contributed by atoms with Gasteiger partial charge in [-0.3, -0.25) is 0 Å². The summed E-state index contributed by atoms with van der Waals surface area (Å²) in [5.41, 5.74) is 5.30. The monoisotopic (exact) mass is 275 g/mol. The van der Waals surface area contributed by atoms with E-state index in [-0.39, 0.29) is 0 Å². The van der Waals surface area contributed by atoms with Crippen LogP contribution in [0.1, 0.15) is 18.1 Å². The van der Waals surface area contributed by atoms with E-state index in [0.717, 1.165) is 13.1 Å². The number of hydrogen-bond donors (Lipinski definition) is 1. The van der Waals surface area contributed by atoms with Gasteiger partial charge in [-0.25, -0.2) is 0 Å². The maximum Gasteiger partial charge on any atom is 0.0205 e. The lowest BCUT2D eigenvalue weighted by Crippen LogP contribution is -2.11. The quantitative estimate of drug-likeness (QED) is 0.712. The van der Waals surface area contributed by atoms with Crippen LogP contribution in [0.4, 0.5) is 0 Å². The molecule has 0 aliphatic carbocycles. The summed E-state index contributed by atoms with van der Waals surface area (Å²) in [5.74, 6) is 0. The molecule has 3 aromatic carbocycles. The molecule has 0 saturated carbocycles. The molecule has 0 unspecified atom stereocenters. The zero-order valence-electron chi connectivity index (χ0n) is 12.7. The highest BCUT2D eigenvalue weighted by molar-refractivity contribution is 5.98. The second-order valence-electron chi connectivity index (χ2n) is 5.46. The van der Waals surface area contributed by atoms with Gasteiger partial charge in [0.05, 0.1) is 0 Å². The average molecular weight is 275 g/mol. The van der Waals surface area contributed by atoms with Gasteiger partial charge in [-0.2, -0.15) is 0 Å². The van der Waals surface area contributed by atoms with Gasteiger partial charge in [0.2, 0.25) is 0 Å². The van der Waals surface area contributed by atoms with Crippen molar-refractivity contribution in [2.24, 2.45) is 0 Å². The van der Waals surface area contributed by atoms with Crippen LogP contribution in [0.3, 0.4) is 0 Å². The van der Waals surface area contributed by atoms with E-state index in [4.69, 9.17) is 0 Å². The molecule has 106 valence electrons. The molecule has 0 aliphatic heterocycles. The van der Waals surface area contributed by atoms with Crippen LogP contribution >= 0.6 is 0 Å². The maximum absolute atomic E-state index is 3.36. The molecule has 0 amide bonds. The molecule has 0 spiro atoms. The Balaban J connectivity index is 2.05. The molecule has 0 aromatic heterocycles. The summed E-state index contributed by atoms with van der Waals surface area (Å²) in [6, 6.07) is 21.9. The van der Waals surface area contributed by atoms with Gasteiger partial charge in [0.25, 0.3) is 0 Å². The number of hydrogen-bond acceptors (Lipinski definition) is 1. The number of aryl methyl sites for hydroxylation is 1. The first kappa shape index (κ1) is 13.8. The smallest absolute Gasteiger partial charge is 0.0205 e. The van der Waals surface area contributed by atoms with E-state index < -0.39 is 0 Å². The Kier molecular flexibility index (Phi) is 4.03. The Morgan fingerprint density at radius 3 is 2.38 bits per heavy atom. The van der Waals surface area contributed by atoms with Gasteiger partial charge in [-0.15, -0.1) is 0 Å². The molecule has 21 heavy (non-hydrogen) atoms. The summed E-state index contributed by atoms with van der Waals surface area (Å²) in [7, 11) is 0. The molecule has 3 rings (SSSR count). The lowest BCUT2D eigenvalue weighted by atomic mass is 9.93. The maximum atomic E-state index is 3.36. The van der Waals surface area contributed by atoms with Crippen molar-refractivity contribution in [3.05, 3.63) is 71.8 Å². The summed E-state index contributed by atoms with van der Waals surface area (Å²) in [6.45, 7) is 6.26. The molecule has 0 aliphatic rings. The Morgan fingerprint density at radius 1 is 0.857 bits per heavy atom. The number of nitrogens with one attached hydrogen (secondary N) is 1. The zero-order valence-corrected chi connectivity index (χ0v) is 12.7. The van der Waals surface area contributed by atoms with Gasteiger partial charge in [-0.1, -0.05) is 67.6 Å². The minimum atomic E-state index is 0.936. The summed E-state index contributed by atoms with van der Waals surface area (Å²) in [6.07, 6.45) is 0. The van der Waals surface area contributed by atoms with E-state index >= 15 is 0 Å². The summed E-state index contributed by atoms with van der Waals surface area (Å²) < 4.78 is 0. The first-order chi connectivity index (χ1) is 10.3. The van der Waals surface area contributed by atoms with Crippen molar-refractivity contribution in [3.8, 4) is 11.1 Å². The highest BCUT2D eigenvalue weighted by atomic mass is 14.8. The standard InChI is InChI=1S/C20H21N/c1-3-21-14-16-9-12-18(13-10-16)20-15(2)8-11-17-6-4-5-7-19(17)20/h4-13,21H,3,14H2,1-2H3. The minimum Gasteiger partial charge on any atom is -0.313 e. The molecular weight excluding hydrogens is 254 g/mol. The lowest BCUT2D eigenvalue weighted by Gasteiger charge is -2.11. The molecule has 1 heteroatoms. The van der Waals surface area contributed by atoms with Crippen LogP contribution in [0.15, 0.2) is 60.7 Å². The van der Waals surface area contributed by atoms with Crippen molar-refractivity contribution in [1.82, 2.24) is 5.32 Å². The zero-order chi connectivity index (χ0) is 14.7. The fourth-order valence-electron chi connectivity index (χ4n) is 2.82. The first-order valence-corrected chi connectivity index (χ1v) is 7.58. The molecule has 1 N–H and O–H groups in total. The average Bonchev–Trinajstić information content (AvgIpc) is 2.53. The largest absolute Gasteiger partial charge is 0.313 e. The molecule has 3 aromatic rings. The third-order valence-electron chi connectivity index (χ3n) is 3.96. The Bertz CT molecular complexity index is 741. The predicted octanol–water partition coefficient (Wildman–Crippen LogP) is 4.92. The van der Waals surface area contributed by atoms with Crippen molar-refractivity contribution in [1.29, 1.82) is 0 Å². The Morgan fingerprint density at radius 2 is 1.62 bits per heavy atom. The van der Waals surface area contributed by atoms with Gasteiger partial charge in [0, 0.05) is 6.54 Å². The van der Waals surface area contributed by atoms with Crippen LogP contribution in [-0.4, -0.2) is 6.54 Å². The van der Waals surface area contributed by atoms with Crippen LogP contribution in [0.25, 0.3) is 21.9 Å². The molecule has 0 radical (unpaired) electrons. The molecule has 0 heterocycles. The van der Waals surface area contributed by atoms with Crippen molar-refractivity contribution in [3.63, 3.8) is 0 Å². The van der Waals surface area contributed by atoms with Crippen LogP contribution in [0.5, 0.6) is 0 Å². The van der Waals surface area contributed by atoms with E-state index in [1.807, 2.05) is 0 Å². The van der Waals surface area contributed by atoms with Crippen LogP contribution < -0.4 is 5.32 Å². The normalized spacial score (nSPS) is 11.0. The predicted molar refractivity (Wildman–Crippen MR) is 91.5 cm³/mol. The molecular formula is C20H21N. The van der Waals surface area contributed by atoms with E-state index in [1.165, 1.54) is 33.0 Å². The minimum absolute atomic E-state index is 0.936. The van der Waals surface area contributed by atoms with E-state index in [9.17, 15) is 0 Å². The van der Waals surface area contributed by atoms with Crippen molar-refractivity contribution in [2.45, 2.75) is 20.4 Å². The fourth-order valence-corrected chi connectivity index (χ4v) is 2.82. The topological polar surface area (TPSA) is 12.0 Å². The first-order valence-electron chi connectivity index (χ1n) is 7.58. The number of benzene rings is 3. The summed E-state index contributed by atoms with van der Waals surface area (Å²) >= 11 is 0. The van der Waals surface area contributed by atoms with Crippen molar-refractivity contribution in [2.75, 3.05) is 6.54 Å². The van der Waals surface area contributed by atoms with Crippen LogP contribution in [0, 0.1) is 6.92 Å². The van der Waals surface area contributed by atoms with E-state index in [2.05, 4.69) is 79.8 Å². The van der Waals surface area contributed by atoms with Gasteiger partial charge < -0.3 is 5.32 Å². The van der Waals surface area contributed by atoms with Gasteiger partial charge in [0.15, 0.2) is 0 Å². The second-order valence-corrected chi connectivity index (χ2v) is 5.46.